The van der Waals surface area contributed by atoms with Crippen LogP contribution in [-0.2, 0) is 90.2 Å². The van der Waals surface area contributed by atoms with Crippen LogP contribution in [-0.4, -0.2) is 434 Å². The van der Waals surface area contributed by atoms with Gasteiger partial charge in [-0.1, -0.05) is 0 Å². The van der Waals surface area contributed by atoms with E-state index in [2.05, 4.69) is 21.3 Å². The molecule has 8 heterocycles. The van der Waals surface area contributed by atoms with Crippen LogP contribution in [0.25, 0.3) is 0 Å². The number of aliphatic hydroxyl groups is 22. The Morgan fingerprint density at radius 2 is 0.545 bits per heavy atom. The first kappa shape index (κ1) is 83.0. The molecular weight excluding hydrogens is 1380 g/mol. The van der Waals surface area contributed by atoms with E-state index in [-0.39, 0.29) is 0 Å². The molecule has 40 atom stereocenters. The first-order chi connectivity index (χ1) is 47.7. The van der Waals surface area contributed by atoms with Crippen LogP contribution >= 0.6 is 0 Å². The molecule has 8 aliphatic heterocycles. The first-order valence-electron chi connectivity index (χ1n) is 32.1. The lowest BCUT2D eigenvalue weighted by Crippen LogP contribution is -2.70. The maximum absolute atomic E-state index is 12.9. The summed E-state index contributed by atoms with van der Waals surface area (Å²) in [5.41, 5.74) is 0. The number of aliphatic hydroxyl groups excluding tert-OH is 22. The van der Waals surface area contributed by atoms with Gasteiger partial charge in [0, 0.05) is 27.7 Å². The summed E-state index contributed by atoms with van der Waals surface area (Å²) in [6.45, 7) is -4.25. The summed E-state index contributed by atoms with van der Waals surface area (Å²) in [6.07, 6.45) is -72.6. The average Bonchev–Trinajstić information content (AvgIpc) is 0.774. The normalized spacial score (nSPS) is 48.3. The van der Waals surface area contributed by atoms with E-state index in [4.69, 9.17) is 71.1 Å². The second-order valence-electron chi connectivity index (χ2n) is 25.4. The van der Waals surface area contributed by atoms with Gasteiger partial charge in [-0.2, -0.15) is 0 Å². The summed E-state index contributed by atoms with van der Waals surface area (Å²) in [6, 6.07) is -6.99. The molecule has 0 saturated carbocycles. The zero-order chi connectivity index (χ0) is 74.5. The maximum atomic E-state index is 12.9. The number of nitrogens with one attached hydrogen (secondary N) is 4. The predicted octanol–water partition coefficient (Wildman–Crippen LogP) is -17.9. The molecule has 0 unspecified atom stereocenters. The summed E-state index contributed by atoms with van der Waals surface area (Å²) < 4.78 is 88.2. The van der Waals surface area contributed by atoms with Gasteiger partial charge in [-0.3, -0.25) is 19.2 Å². The number of amides is 4. The van der Waals surface area contributed by atoms with E-state index < -0.39 is 322 Å². The summed E-state index contributed by atoms with van der Waals surface area (Å²) >= 11 is 0. The first-order valence-corrected chi connectivity index (χ1v) is 32.1. The van der Waals surface area contributed by atoms with Crippen molar-refractivity contribution in [3.63, 3.8) is 0 Å². The van der Waals surface area contributed by atoms with Crippen molar-refractivity contribution in [2.75, 3.05) is 52.9 Å². The molecule has 0 aromatic rings. The van der Waals surface area contributed by atoms with Crippen molar-refractivity contribution < 1.29 is 203 Å². The fraction of sp³-hybridized carbons (Fsp3) is 0.929. The molecule has 26 N–H and O–H groups in total. The summed E-state index contributed by atoms with van der Waals surface area (Å²) in [4.78, 5) is 50.1. The van der Waals surface area contributed by atoms with Gasteiger partial charge in [0.15, 0.2) is 50.3 Å². The van der Waals surface area contributed by atoms with Gasteiger partial charge in [-0.15, -0.1) is 0 Å². The van der Waals surface area contributed by atoms with Gasteiger partial charge < -0.3 is 205 Å². The number of hydrogen-bond donors (Lipinski definition) is 26. The summed E-state index contributed by atoms with van der Waals surface area (Å²) in [5, 5.41) is 251. The molecule has 8 saturated heterocycles. The lowest BCUT2D eigenvalue weighted by atomic mass is 9.94. The second kappa shape index (κ2) is 36.3. The zero-order valence-electron chi connectivity index (χ0n) is 54.3. The van der Waals surface area contributed by atoms with E-state index in [0.717, 1.165) is 27.7 Å². The Labute approximate surface area is 572 Å². The fourth-order valence-corrected chi connectivity index (χ4v) is 12.9. The lowest BCUT2D eigenvalue weighted by molar-refractivity contribution is -0.390. The van der Waals surface area contributed by atoms with Crippen molar-refractivity contribution in [1.82, 2.24) is 21.3 Å². The van der Waals surface area contributed by atoms with Crippen LogP contribution < -0.4 is 21.3 Å². The Bertz CT molecular complexity index is 2640. The van der Waals surface area contributed by atoms with Crippen molar-refractivity contribution in [2.24, 2.45) is 0 Å². The van der Waals surface area contributed by atoms with Crippen LogP contribution in [0.1, 0.15) is 27.7 Å². The highest BCUT2D eigenvalue weighted by atomic mass is 16.8. The summed E-state index contributed by atoms with van der Waals surface area (Å²) in [7, 11) is 0. The van der Waals surface area contributed by atoms with Gasteiger partial charge in [0.25, 0.3) is 0 Å². The average molecular weight is 1480 g/mol. The molecule has 0 radical (unpaired) electrons. The Balaban J connectivity index is 1.13. The third-order valence-corrected chi connectivity index (χ3v) is 18.2. The highest BCUT2D eigenvalue weighted by molar-refractivity contribution is 5.74. The third-order valence-electron chi connectivity index (χ3n) is 18.2. The number of carbonyl (C=O) groups is 4. The van der Waals surface area contributed by atoms with Gasteiger partial charge in [-0.05, 0) is 0 Å². The molecule has 0 aliphatic carbocycles. The Hall–Kier alpha value is -3.60. The van der Waals surface area contributed by atoms with Crippen LogP contribution in [0.5, 0.6) is 0 Å². The molecule has 0 bridgehead atoms. The van der Waals surface area contributed by atoms with E-state index in [1.54, 1.807) is 0 Å². The van der Waals surface area contributed by atoms with Gasteiger partial charge in [0.1, 0.15) is 195 Å². The van der Waals surface area contributed by atoms with Gasteiger partial charge in [0.05, 0.1) is 52.9 Å². The largest absolute Gasteiger partial charge is 0.394 e. The fourth-order valence-electron chi connectivity index (χ4n) is 12.9. The van der Waals surface area contributed by atoms with Crippen LogP contribution in [0.15, 0.2) is 0 Å². The highest BCUT2D eigenvalue weighted by Crippen LogP contribution is 2.38. The number of rotatable bonds is 26. The van der Waals surface area contributed by atoms with Gasteiger partial charge >= 0.3 is 0 Å². The minimum absolute atomic E-state index is 0.763. The van der Waals surface area contributed by atoms with Crippen molar-refractivity contribution in [2.45, 2.75) is 273 Å². The molecule has 8 aliphatic rings. The third kappa shape index (κ3) is 18.7. The Morgan fingerprint density at radius 1 is 0.257 bits per heavy atom. The van der Waals surface area contributed by atoms with Crippen LogP contribution in [0.2, 0.25) is 0 Å². The quantitative estimate of drug-likeness (QED) is 0.0382. The van der Waals surface area contributed by atoms with Gasteiger partial charge in [0.2, 0.25) is 23.6 Å². The molecule has 45 heteroatoms. The van der Waals surface area contributed by atoms with E-state index in [1.807, 2.05) is 0 Å². The van der Waals surface area contributed by atoms with E-state index in [0.29, 0.717) is 0 Å². The molecule has 0 aromatic carbocycles. The predicted molar refractivity (Wildman–Crippen MR) is 311 cm³/mol. The van der Waals surface area contributed by atoms with Crippen molar-refractivity contribution in [3.8, 4) is 0 Å². The molecular formula is C56H94N4O41. The molecule has 45 nitrogen and oxygen atoms in total. The molecule has 584 valence electrons. The van der Waals surface area contributed by atoms with Crippen LogP contribution in [0.4, 0.5) is 0 Å². The molecule has 8 fully saturated rings. The minimum Gasteiger partial charge on any atom is -0.394 e. The molecule has 0 spiro atoms. The maximum Gasteiger partial charge on any atom is 0.217 e. The second-order valence-corrected chi connectivity index (χ2v) is 25.4. The lowest BCUT2D eigenvalue weighted by Gasteiger charge is -2.50. The minimum atomic E-state index is -2.42. The van der Waals surface area contributed by atoms with Gasteiger partial charge in [-0.25, -0.2) is 0 Å². The molecule has 101 heavy (non-hydrogen) atoms. The number of carbonyl (C=O) groups excluding carboxylic acids is 4. The SMILES string of the molecule is CC(=O)N[C@@H]1[C@@H](O)[C@H](O[C@@H]2O[C@H](CO)[C@@H](O[C@@H]3O[C@H](CO[C@H]4O[C@H](CO[C@@H]5O[C@H](CO)[C@@H](O)[C@H](O)[C@H]5NC(C)=O)[C@@H](O)[C@H](O)[C@@H]4O[C@@H]4O[C@H](CO)[C@@H](O[C@@H]5O[C@H](CO)[C@H](O)[C@H](O)[C@H]5O)[C@H](O)[C@H]4NC(C)=O)[C@@H](O)[C@H](O[C@H]4O[C@H](CO)[C@@H](O)[C@H](O)[C@@H]4O)[C@@H]3O)[C@H](O)[C@H]2NC(C)=O)[C@@H](CO)O[C@H]1O. The van der Waals surface area contributed by atoms with E-state index in [1.165, 1.54) is 0 Å². The monoisotopic (exact) mass is 1480 g/mol. The highest BCUT2D eigenvalue weighted by Gasteiger charge is 2.59. The van der Waals surface area contributed by atoms with E-state index >= 15 is 0 Å². The molecule has 0 aromatic heterocycles. The van der Waals surface area contributed by atoms with Crippen molar-refractivity contribution in [1.29, 1.82) is 0 Å². The smallest absolute Gasteiger partial charge is 0.217 e. The molecule has 8 rings (SSSR count). The van der Waals surface area contributed by atoms with Crippen molar-refractivity contribution >= 4 is 23.6 Å². The Morgan fingerprint density at radius 3 is 0.970 bits per heavy atom. The standard InChI is InChI=1S/C56H94N4O41/c1-13(67)57-25-35(77)44(20(8-64)89-49(25)86)97-51-27(59-15(3)69)36(78)46(22(10-66)93-51)99-55-43(85)47(100-54-42(84)39(81)31(73)19(7-63)92-54)33(75)24(95-55)12-88-56-48(40(82)32(74)23(96-56)11-87-50-26(58-14(2)68)34(76)29(71)17(5-61)90-50)101-52-28(60-16(4)70)37(79)45(21(9-65)94-52)98-53-41(83)38(80)30(72)18(6-62)91-53/h17-56,61-66,71-86H,5-12H2,1-4H3,(H,57,67)(H,58,68)(H,59,69)(H,60,70)/t17-,18-,19-,20-,21-,22-,23-,24-,25-,26-,27-,28-,29-,30+,31-,32-,33-,34-,35-,36-,37-,38+,39+,40+,41-,42+,43+,44-,45-,46-,47+,48+,49-,50-,51+,52+,53+,54-,55+,56+/m1/s1. The summed E-state index contributed by atoms with van der Waals surface area (Å²) in [5.74, 6) is -3.38. The zero-order valence-corrected chi connectivity index (χ0v) is 54.3. The van der Waals surface area contributed by atoms with Crippen molar-refractivity contribution in [3.05, 3.63) is 0 Å². The van der Waals surface area contributed by atoms with Crippen LogP contribution in [0.3, 0.4) is 0 Å². The number of hydrogen-bond acceptors (Lipinski definition) is 41. The van der Waals surface area contributed by atoms with E-state index in [9.17, 15) is 132 Å². The van der Waals surface area contributed by atoms with Crippen LogP contribution in [0, 0.1) is 0 Å². The molecule has 4 amide bonds. The topological polar surface area (TPSA) is 700 Å². The Kier molecular flexibility index (Phi) is 29.9. The number of ether oxygens (including phenoxy) is 15.